The van der Waals surface area contributed by atoms with Gasteiger partial charge in [0.15, 0.2) is 5.16 Å². The van der Waals surface area contributed by atoms with Crippen LogP contribution >= 0.6 is 23.1 Å². The molecule has 0 atom stereocenters. The maximum Gasteiger partial charge on any atom is 0.316 e. The summed E-state index contributed by atoms with van der Waals surface area (Å²) in [5, 5.41) is 1.28. The number of aryl methyl sites for hydroxylation is 4. The molecule has 0 saturated carbocycles. The molecule has 2 aromatic heterocycles. The van der Waals surface area contributed by atoms with Crippen molar-refractivity contribution in [3.05, 3.63) is 50.1 Å². The normalized spacial score (nSPS) is 13.5. The molecule has 0 spiro atoms. The Labute approximate surface area is 171 Å². The van der Waals surface area contributed by atoms with Gasteiger partial charge in [-0.1, -0.05) is 17.8 Å². The Bertz CT molecular complexity index is 1130. The Morgan fingerprint density at radius 3 is 2.79 bits per heavy atom. The third kappa shape index (κ3) is 3.37. The molecular weight excluding hydrogens is 392 g/mol. The largest absolute Gasteiger partial charge is 0.468 e. The fourth-order valence-corrected chi connectivity index (χ4v) is 5.71. The highest BCUT2D eigenvalue weighted by atomic mass is 32.2. The van der Waals surface area contributed by atoms with Crippen LogP contribution in [0.3, 0.4) is 0 Å². The van der Waals surface area contributed by atoms with Gasteiger partial charge in [0.25, 0.3) is 5.56 Å². The minimum Gasteiger partial charge on any atom is -0.468 e. The number of thioether (sulfide) groups is 1. The van der Waals surface area contributed by atoms with Crippen molar-refractivity contribution >= 4 is 39.3 Å². The zero-order chi connectivity index (χ0) is 19.8. The molecule has 0 fully saturated rings. The standard InChI is InChI=1S/C21H22N2O3S2/c1-12-8-9-14(10-13(12)2)23-20(25)18-15-6-4-5-7-16(15)28-19(18)22-21(23)27-11-17(24)26-3/h8-10H,4-7,11H2,1-3H3. The van der Waals surface area contributed by atoms with Gasteiger partial charge in [-0.3, -0.25) is 14.2 Å². The average molecular weight is 415 g/mol. The van der Waals surface area contributed by atoms with Crippen molar-refractivity contribution < 1.29 is 9.53 Å². The predicted molar refractivity (Wildman–Crippen MR) is 114 cm³/mol. The van der Waals surface area contributed by atoms with Crippen LogP contribution in [-0.2, 0) is 22.4 Å². The molecule has 146 valence electrons. The van der Waals surface area contributed by atoms with Crippen LogP contribution in [0.2, 0.25) is 0 Å². The van der Waals surface area contributed by atoms with E-state index in [0.717, 1.165) is 47.2 Å². The highest BCUT2D eigenvalue weighted by molar-refractivity contribution is 7.99. The first-order valence-electron chi connectivity index (χ1n) is 9.34. The molecule has 0 saturated heterocycles. The Balaban J connectivity index is 1.95. The number of esters is 1. The molecule has 2 heterocycles. The predicted octanol–water partition coefficient (Wildman–Crippen LogP) is 4.21. The maximum absolute atomic E-state index is 13.6. The first-order chi connectivity index (χ1) is 13.5. The molecule has 28 heavy (non-hydrogen) atoms. The lowest BCUT2D eigenvalue weighted by Gasteiger charge is -2.14. The van der Waals surface area contributed by atoms with Gasteiger partial charge in [-0.2, -0.15) is 0 Å². The molecule has 7 heteroatoms. The van der Waals surface area contributed by atoms with Gasteiger partial charge >= 0.3 is 5.97 Å². The average Bonchev–Trinajstić information content (AvgIpc) is 3.07. The molecule has 1 aliphatic rings. The Hall–Kier alpha value is -2.12. The smallest absolute Gasteiger partial charge is 0.316 e. The van der Waals surface area contributed by atoms with Crippen LogP contribution in [0.5, 0.6) is 0 Å². The number of thiophene rings is 1. The third-order valence-electron chi connectivity index (χ3n) is 5.25. The number of methoxy groups -OCH3 is 1. The van der Waals surface area contributed by atoms with Crippen molar-refractivity contribution in [1.29, 1.82) is 0 Å². The van der Waals surface area contributed by atoms with E-state index in [-0.39, 0.29) is 17.3 Å². The quantitative estimate of drug-likeness (QED) is 0.364. The molecule has 3 aromatic rings. The number of hydrogen-bond acceptors (Lipinski definition) is 6. The van der Waals surface area contributed by atoms with Gasteiger partial charge in [0.2, 0.25) is 0 Å². The highest BCUT2D eigenvalue weighted by Gasteiger charge is 2.23. The molecule has 4 rings (SSSR count). The van der Waals surface area contributed by atoms with Crippen molar-refractivity contribution in [3.8, 4) is 5.69 Å². The number of rotatable bonds is 4. The van der Waals surface area contributed by atoms with Gasteiger partial charge in [0.1, 0.15) is 4.83 Å². The van der Waals surface area contributed by atoms with Gasteiger partial charge in [0.05, 0.1) is 23.9 Å². The summed E-state index contributed by atoms with van der Waals surface area (Å²) < 4.78 is 6.42. The van der Waals surface area contributed by atoms with Gasteiger partial charge in [0, 0.05) is 4.88 Å². The van der Waals surface area contributed by atoms with Crippen molar-refractivity contribution in [1.82, 2.24) is 9.55 Å². The Morgan fingerprint density at radius 2 is 2.04 bits per heavy atom. The topological polar surface area (TPSA) is 61.2 Å². The molecular formula is C21H22N2O3S2. The van der Waals surface area contributed by atoms with E-state index < -0.39 is 0 Å². The summed E-state index contributed by atoms with van der Waals surface area (Å²) in [7, 11) is 1.36. The van der Waals surface area contributed by atoms with Crippen molar-refractivity contribution in [2.45, 2.75) is 44.7 Å². The summed E-state index contributed by atoms with van der Waals surface area (Å²) in [5.74, 6) is -0.221. The van der Waals surface area contributed by atoms with Crippen LogP contribution in [0.1, 0.15) is 34.4 Å². The fourth-order valence-electron chi connectivity index (χ4n) is 3.56. The molecule has 5 nitrogen and oxygen atoms in total. The summed E-state index contributed by atoms with van der Waals surface area (Å²) in [6.45, 7) is 4.08. The van der Waals surface area contributed by atoms with E-state index in [1.807, 2.05) is 32.0 Å². The van der Waals surface area contributed by atoms with E-state index in [0.29, 0.717) is 5.16 Å². The van der Waals surface area contributed by atoms with Gasteiger partial charge in [-0.25, -0.2) is 4.98 Å². The van der Waals surface area contributed by atoms with Crippen LogP contribution in [0.15, 0.2) is 28.2 Å². The highest BCUT2D eigenvalue weighted by Crippen LogP contribution is 2.35. The Kier molecular flexibility index (Phi) is 5.29. The zero-order valence-corrected chi connectivity index (χ0v) is 17.8. The fraction of sp³-hybridized carbons (Fsp3) is 0.381. The molecule has 1 aromatic carbocycles. The second kappa shape index (κ2) is 7.72. The third-order valence-corrected chi connectivity index (χ3v) is 7.35. The number of nitrogens with zero attached hydrogens (tertiary/aromatic N) is 2. The summed E-state index contributed by atoms with van der Waals surface area (Å²) >= 11 is 2.87. The summed E-state index contributed by atoms with van der Waals surface area (Å²) in [4.78, 5) is 32.2. The second-order valence-corrected chi connectivity index (χ2v) is 9.09. The van der Waals surface area contributed by atoms with Gasteiger partial charge in [-0.15, -0.1) is 11.3 Å². The molecule has 0 radical (unpaired) electrons. The molecule has 0 amide bonds. The minimum absolute atomic E-state index is 0.0416. The molecule has 0 unspecified atom stereocenters. The number of benzene rings is 1. The summed E-state index contributed by atoms with van der Waals surface area (Å²) in [6, 6.07) is 5.96. The molecule has 0 N–H and O–H groups in total. The van der Waals surface area contributed by atoms with Crippen molar-refractivity contribution in [3.63, 3.8) is 0 Å². The first kappa shape index (κ1) is 19.2. The monoisotopic (exact) mass is 414 g/mol. The van der Waals surface area contributed by atoms with E-state index in [4.69, 9.17) is 9.72 Å². The lowest BCUT2D eigenvalue weighted by Crippen LogP contribution is -2.23. The van der Waals surface area contributed by atoms with Crippen molar-refractivity contribution in [2.24, 2.45) is 0 Å². The minimum atomic E-state index is -0.337. The van der Waals surface area contributed by atoms with Crippen LogP contribution in [-0.4, -0.2) is 28.4 Å². The first-order valence-corrected chi connectivity index (χ1v) is 11.1. The second-order valence-electron chi connectivity index (χ2n) is 7.06. The van der Waals surface area contributed by atoms with Crippen molar-refractivity contribution in [2.75, 3.05) is 12.9 Å². The lowest BCUT2D eigenvalue weighted by molar-refractivity contribution is -0.137. The van der Waals surface area contributed by atoms with Gasteiger partial charge in [-0.05, 0) is 68.4 Å². The maximum atomic E-state index is 13.6. The van der Waals surface area contributed by atoms with Crippen LogP contribution < -0.4 is 5.56 Å². The number of fused-ring (bicyclic) bond motifs is 3. The Morgan fingerprint density at radius 1 is 1.25 bits per heavy atom. The molecule has 0 bridgehead atoms. The van der Waals surface area contributed by atoms with E-state index in [1.54, 1.807) is 15.9 Å². The van der Waals surface area contributed by atoms with E-state index in [1.165, 1.54) is 34.9 Å². The number of hydrogen-bond donors (Lipinski definition) is 0. The number of carbonyl (C=O) groups excluding carboxylic acids is 1. The molecule has 0 aliphatic heterocycles. The summed E-state index contributed by atoms with van der Waals surface area (Å²) in [6.07, 6.45) is 4.23. The van der Waals surface area contributed by atoms with Crippen LogP contribution in [0.4, 0.5) is 0 Å². The number of aromatic nitrogens is 2. The number of ether oxygens (including phenoxy) is 1. The zero-order valence-electron chi connectivity index (χ0n) is 16.2. The van der Waals surface area contributed by atoms with Crippen LogP contribution in [0, 0.1) is 13.8 Å². The SMILES string of the molecule is COC(=O)CSc1nc2sc3c(c2c(=O)n1-c1ccc(C)c(C)c1)CCCC3. The molecule has 1 aliphatic carbocycles. The van der Waals surface area contributed by atoms with Crippen LogP contribution in [0.25, 0.3) is 15.9 Å². The van der Waals surface area contributed by atoms with E-state index >= 15 is 0 Å². The van der Waals surface area contributed by atoms with E-state index in [9.17, 15) is 9.59 Å². The van der Waals surface area contributed by atoms with E-state index in [2.05, 4.69) is 0 Å². The summed E-state index contributed by atoms with van der Waals surface area (Å²) in [5.41, 5.74) is 4.19. The number of carbonyl (C=O) groups is 1. The lowest BCUT2D eigenvalue weighted by atomic mass is 9.97. The van der Waals surface area contributed by atoms with Gasteiger partial charge < -0.3 is 4.74 Å².